The molecule has 0 aliphatic rings. The number of amidine groups is 1. The summed E-state index contributed by atoms with van der Waals surface area (Å²) in [5, 5.41) is 8.80. The van der Waals surface area contributed by atoms with Gasteiger partial charge in [0.2, 0.25) is 0 Å². The lowest BCUT2D eigenvalue weighted by Gasteiger charge is -2.18. The Kier molecular flexibility index (Phi) is 5.23. The van der Waals surface area contributed by atoms with Crippen LogP contribution in [0.2, 0.25) is 10.0 Å². The van der Waals surface area contributed by atoms with Gasteiger partial charge in [0, 0.05) is 28.7 Å². The van der Waals surface area contributed by atoms with Crippen LogP contribution < -0.4 is 5.73 Å². The van der Waals surface area contributed by atoms with Crippen molar-refractivity contribution in [2.75, 3.05) is 7.05 Å². The van der Waals surface area contributed by atoms with Crippen LogP contribution in [0.5, 0.6) is 0 Å². The predicted molar refractivity (Wildman–Crippen MR) is 89.1 cm³/mol. The van der Waals surface area contributed by atoms with Gasteiger partial charge in [0.1, 0.15) is 5.84 Å². The van der Waals surface area contributed by atoms with Gasteiger partial charge < -0.3 is 5.73 Å². The van der Waals surface area contributed by atoms with E-state index >= 15 is 0 Å². The van der Waals surface area contributed by atoms with E-state index in [0.717, 1.165) is 22.7 Å². The van der Waals surface area contributed by atoms with Gasteiger partial charge in [0.05, 0.1) is 0 Å². The Labute approximate surface area is 134 Å². The number of nitrogens with one attached hydrogen (secondary N) is 1. The van der Waals surface area contributed by atoms with E-state index in [1.807, 2.05) is 43.4 Å². The molecular weight excluding hydrogens is 305 g/mol. The molecule has 0 bridgehead atoms. The van der Waals surface area contributed by atoms with Crippen LogP contribution in [0.1, 0.15) is 16.7 Å². The lowest BCUT2D eigenvalue weighted by molar-refractivity contribution is 0.319. The van der Waals surface area contributed by atoms with E-state index in [-0.39, 0.29) is 5.84 Å². The first-order chi connectivity index (χ1) is 9.97. The van der Waals surface area contributed by atoms with Gasteiger partial charge in [-0.05, 0) is 30.3 Å². The smallest absolute Gasteiger partial charge is 0.122 e. The molecule has 0 spiro atoms. The number of hydrogen-bond donors (Lipinski definition) is 2. The summed E-state index contributed by atoms with van der Waals surface area (Å²) in [6, 6.07) is 13.2. The Hall–Kier alpha value is -1.55. The van der Waals surface area contributed by atoms with E-state index < -0.39 is 0 Å². The maximum absolute atomic E-state index is 7.41. The van der Waals surface area contributed by atoms with Crippen molar-refractivity contribution in [2.45, 2.75) is 13.1 Å². The first-order valence-corrected chi connectivity index (χ1v) is 7.27. The topological polar surface area (TPSA) is 53.1 Å². The summed E-state index contributed by atoms with van der Waals surface area (Å²) in [6.45, 7) is 1.44. The van der Waals surface area contributed by atoms with Gasteiger partial charge in [-0.1, -0.05) is 53.5 Å². The summed E-state index contributed by atoms with van der Waals surface area (Å²) in [4.78, 5) is 2.13. The lowest BCUT2D eigenvalue weighted by atomic mass is 10.1. The van der Waals surface area contributed by atoms with E-state index in [4.69, 9.17) is 34.3 Å². The van der Waals surface area contributed by atoms with Crippen molar-refractivity contribution in [1.82, 2.24) is 4.90 Å². The van der Waals surface area contributed by atoms with Crippen molar-refractivity contribution in [3.05, 3.63) is 69.2 Å². The first-order valence-electron chi connectivity index (χ1n) is 6.52. The molecule has 0 fully saturated rings. The highest BCUT2D eigenvalue weighted by Gasteiger charge is 2.08. The number of benzene rings is 2. The van der Waals surface area contributed by atoms with Crippen molar-refractivity contribution in [2.24, 2.45) is 5.73 Å². The van der Waals surface area contributed by atoms with Crippen molar-refractivity contribution in [1.29, 1.82) is 5.41 Å². The highest BCUT2D eigenvalue weighted by molar-refractivity contribution is 6.32. The molecule has 2 rings (SSSR count). The van der Waals surface area contributed by atoms with Crippen LogP contribution in [-0.2, 0) is 13.1 Å². The maximum Gasteiger partial charge on any atom is 0.122 e. The first kappa shape index (κ1) is 15.8. The molecule has 3 nitrogen and oxygen atoms in total. The molecule has 110 valence electrons. The normalized spacial score (nSPS) is 10.9. The molecule has 0 aliphatic heterocycles. The summed E-state index contributed by atoms with van der Waals surface area (Å²) in [5.74, 6) is 0.0212. The number of nitrogen functional groups attached to an aromatic ring is 1. The molecule has 0 saturated carbocycles. The van der Waals surface area contributed by atoms with E-state index in [9.17, 15) is 0 Å². The van der Waals surface area contributed by atoms with Gasteiger partial charge in [-0.2, -0.15) is 0 Å². The second-order valence-electron chi connectivity index (χ2n) is 4.98. The standard InChI is InChI=1S/C16H17Cl2N3/c1-21(9-12-4-2-3-5-14(12)17)10-13-7-6-11(16(19)20)8-15(13)18/h2-8H,9-10H2,1H3,(H3,19,20). The Morgan fingerprint density at radius 1 is 1.05 bits per heavy atom. The average Bonchev–Trinajstić information content (AvgIpc) is 2.43. The molecule has 0 aliphatic carbocycles. The molecule has 0 unspecified atom stereocenters. The zero-order valence-corrected chi connectivity index (χ0v) is 13.2. The number of hydrogen-bond acceptors (Lipinski definition) is 2. The Morgan fingerprint density at radius 3 is 2.24 bits per heavy atom. The minimum Gasteiger partial charge on any atom is -0.384 e. The molecule has 21 heavy (non-hydrogen) atoms. The van der Waals surface area contributed by atoms with Crippen LogP contribution in [-0.4, -0.2) is 17.8 Å². The highest BCUT2D eigenvalue weighted by Crippen LogP contribution is 2.21. The summed E-state index contributed by atoms with van der Waals surface area (Å²) in [7, 11) is 2.01. The van der Waals surface area contributed by atoms with Gasteiger partial charge in [0.25, 0.3) is 0 Å². The Balaban J connectivity index is 2.08. The summed E-state index contributed by atoms with van der Waals surface area (Å²) < 4.78 is 0. The third kappa shape index (κ3) is 4.21. The van der Waals surface area contributed by atoms with E-state index in [2.05, 4.69) is 4.90 Å². The van der Waals surface area contributed by atoms with Gasteiger partial charge >= 0.3 is 0 Å². The minimum atomic E-state index is 0.0212. The molecular formula is C16H17Cl2N3. The fraction of sp³-hybridized carbons (Fsp3) is 0.188. The quantitative estimate of drug-likeness (QED) is 0.648. The fourth-order valence-corrected chi connectivity index (χ4v) is 2.54. The Morgan fingerprint density at radius 2 is 1.67 bits per heavy atom. The Bertz CT molecular complexity index is 656. The fourth-order valence-electron chi connectivity index (χ4n) is 2.11. The SMILES string of the molecule is CN(Cc1ccccc1Cl)Cc1ccc(C(=N)N)cc1Cl. The maximum atomic E-state index is 7.41. The van der Waals surface area contributed by atoms with Crippen LogP contribution in [0, 0.1) is 5.41 Å². The molecule has 0 amide bonds. The summed E-state index contributed by atoms with van der Waals surface area (Å²) in [5.41, 5.74) is 8.17. The van der Waals surface area contributed by atoms with Gasteiger partial charge in [-0.25, -0.2) is 0 Å². The average molecular weight is 322 g/mol. The third-order valence-corrected chi connectivity index (χ3v) is 3.92. The number of nitrogens with two attached hydrogens (primary N) is 1. The van der Waals surface area contributed by atoms with E-state index in [1.165, 1.54) is 0 Å². The van der Waals surface area contributed by atoms with Crippen molar-refractivity contribution in [3.8, 4) is 0 Å². The molecule has 0 radical (unpaired) electrons. The molecule has 2 aromatic carbocycles. The monoisotopic (exact) mass is 321 g/mol. The zero-order chi connectivity index (χ0) is 15.4. The van der Waals surface area contributed by atoms with Crippen LogP contribution in [0.3, 0.4) is 0 Å². The van der Waals surface area contributed by atoms with Crippen molar-refractivity contribution in [3.63, 3.8) is 0 Å². The molecule has 3 N–H and O–H groups in total. The number of halogens is 2. The van der Waals surface area contributed by atoms with Crippen LogP contribution in [0.25, 0.3) is 0 Å². The van der Waals surface area contributed by atoms with Crippen LogP contribution in [0.4, 0.5) is 0 Å². The largest absolute Gasteiger partial charge is 0.384 e. The molecule has 0 heterocycles. The molecule has 0 saturated heterocycles. The third-order valence-electron chi connectivity index (χ3n) is 3.20. The van der Waals surface area contributed by atoms with Gasteiger partial charge in [-0.3, -0.25) is 10.3 Å². The van der Waals surface area contributed by atoms with E-state index in [0.29, 0.717) is 17.1 Å². The minimum absolute atomic E-state index is 0.0212. The van der Waals surface area contributed by atoms with Crippen LogP contribution >= 0.6 is 23.2 Å². The molecule has 0 aromatic heterocycles. The highest BCUT2D eigenvalue weighted by atomic mass is 35.5. The van der Waals surface area contributed by atoms with E-state index in [1.54, 1.807) is 6.07 Å². The van der Waals surface area contributed by atoms with Crippen molar-refractivity contribution < 1.29 is 0 Å². The molecule has 0 atom stereocenters. The number of nitrogens with zero attached hydrogens (tertiary/aromatic N) is 1. The predicted octanol–water partition coefficient (Wildman–Crippen LogP) is 3.91. The molecule has 2 aromatic rings. The van der Waals surface area contributed by atoms with Gasteiger partial charge in [-0.15, -0.1) is 0 Å². The number of rotatable bonds is 5. The lowest BCUT2D eigenvalue weighted by Crippen LogP contribution is -2.18. The van der Waals surface area contributed by atoms with Crippen LogP contribution in [0.15, 0.2) is 42.5 Å². The summed E-state index contributed by atoms with van der Waals surface area (Å²) >= 11 is 12.4. The second-order valence-corrected chi connectivity index (χ2v) is 5.80. The van der Waals surface area contributed by atoms with Crippen molar-refractivity contribution >= 4 is 29.0 Å². The zero-order valence-electron chi connectivity index (χ0n) is 11.7. The second kappa shape index (κ2) is 6.94. The molecule has 5 heteroatoms. The summed E-state index contributed by atoms with van der Waals surface area (Å²) in [6.07, 6.45) is 0. The van der Waals surface area contributed by atoms with Gasteiger partial charge in [0.15, 0.2) is 0 Å².